The van der Waals surface area contributed by atoms with Crippen molar-refractivity contribution in [1.82, 2.24) is 4.98 Å². The lowest BCUT2D eigenvalue weighted by molar-refractivity contribution is 0.102. The van der Waals surface area contributed by atoms with E-state index >= 15 is 0 Å². The number of pyridine rings is 1. The third kappa shape index (κ3) is 3.80. The van der Waals surface area contributed by atoms with Gasteiger partial charge in [-0.25, -0.2) is 0 Å². The largest absolute Gasteiger partial charge is 0.490 e. The van der Waals surface area contributed by atoms with Crippen LogP contribution in [-0.2, 0) is 0 Å². The molecule has 1 amide bonds. The van der Waals surface area contributed by atoms with E-state index in [0.29, 0.717) is 22.6 Å². The highest BCUT2D eigenvalue weighted by Gasteiger charge is 2.09. The Labute approximate surface area is 123 Å². The number of aromatic nitrogens is 1. The predicted octanol–water partition coefficient (Wildman–Crippen LogP) is 2.99. The molecule has 1 heterocycles. The van der Waals surface area contributed by atoms with Crippen molar-refractivity contribution in [3.05, 3.63) is 53.9 Å². The van der Waals surface area contributed by atoms with Crippen LogP contribution in [0.1, 0.15) is 29.8 Å². The fraction of sp³-hybridized carbons (Fsp3) is 0.188. The summed E-state index contributed by atoms with van der Waals surface area (Å²) in [4.78, 5) is 15.9. The van der Waals surface area contributed by atoms with Crippen LogP contribution in [0.2, 0.25) is 0 Å². The highest BCUT2D eigenvalue weighted by Crippen LogP contribution is 2.23. The summed E-state index contributed by atoms with van der Waals surface area (Å²) >= 11 is 0. The van der Waals surface area contributed by atoms with Crippen LogP contribution in [0.4, 0.5) is 5.69 Å². The lowest BCUT2D eigenvalue weighted by atomic mass is 10.1. The Morgan fingerprint density at radius 3 is 2.62 bits per heavy atom. The van der Waals surface area contributed by atoms with E-state index in [9.17, 15) is 4.79 Å². The minimum absolute atomic E-state index is 0.0191. The number of nitrogens with zero attached hydrogens (tertiary/aromatic N) is 2. The molecule has 0 saturated heterocycles. The standard InChI is InChI=1S/C16H15N3O2/c1-11(2)21-15-4-3-14(9-13(15)10-17)19-16(20)12-5-7-18-8-6-12/h3-9,11H,1-2H3,(H,19,20). The van der Waals surface area contributed by atoms with Crippen LogP contribution in [0.25, 0.3) is 0 Å². The molecule has 106 valence electrons. The van der Waals surface area contributed by atoms with Crippen LogP contribution in [0, 0.1) is 11.3 Å². The average Bonchev–Trinajstić information content (AvgIpc) is 2.49. The molecule has 0 fully saturated rings. The van der Waals surface area contributed by atoms with Crippen LogP contribution >= 0.6 is 0 Å². The van der Waals surface area contributed by atoms with Crippen molar-refractivity contribution in [2.24, 2.45) is 0 Å². The molecule has 0 saturated carbocycles. The fourth-order valence-electron chi connectivity index (χ4n) is 1.76. The summed E-state index contributed by atoms with van der Waals surface area (Å²) < 4.78 is 5.54. The molecule has 0 aliphatic carbocycles. The summed E-state index contributed by atoms with van der Waals surface area (Å²) in [6.45, 7) is 3.78. The Kier molecular flexibility index (Phi) is 4.52. The van der Waals surface area contributed by atoms with Gasteiger partial charge >= 0.3 is 0 Å². The molecule has 0 bridgehead atoms. The first-order valence-corrected chi connectivity index (χ1v) is 6.52. The normalized spacial score (nSPS) is 10.0. The number of carbonyl (C=O) groups is 1. The van der Waals surface area contributed by atoms with Gasteiger partial charge in [0, 0.05) is 23.6 Å². The van der Waals surface area contributed by atoms with Gasteiger partial charge in [-0.3, -0.25) is 9.78 Å². The van der Waals surface area contributed by atoms with E-state index < -0.39 is 0 Å². The number of nitrogens with one attached hydrogen (secondary N) is 1. The van der Waals surface area contributed by atoms with E-state index in [4.69, 9.17) is 10.00 Å². The maximum atomic E-state index is 12.0. The summed E-state index contributed by atoms with van der Waals surface area (Å²) in [5.41, 5.74) is 1.44. The highest BCUT2D eigenvalue weighted by atomic mass is 16.5. The van der Waals surface area contributed by atoms with Gasteiger partial charge in [-0.1, -0.05) is 0 Å². The van der Waals surface area contributed by atoms with Crippen molar-refractivity contribution >= 4 is 11.6 Å². The summed E-state index contributed by atoms with van der Waals surface area (Å²) in [6, 6.07) is 10.3. The van der Waals surface area contributed by atoms with Crippen LogP contribution in [-0.4, -0.2) is 17.0 Å². The van der Waals surface area contributed by atoms with Gasteiger partial charge in [-0.05, 0) is 44.2 Å². The molecule has 2 rings (SSSR count). The zero-order valence-corrected chi connectivity index (χ0v) is 11.8. The van der Waals surface area contributed by atoms with E-state index in [2.05, 4.69) is 16.4 Å². The fourth-order valence-corrected chi connectivity index (χ4v) is 1.76. The monoisotopic (exact) mass is 281 g/mol. The van der Waals surface area contributed by atoms with Gasteiger partial charge in [0.2, 0.25) is 0 Å². The Hall–Kier alpha value is -2.87. The quantitative estimate of drug-likeness (QED) is 0.934. The minimum atomic E-state index is -0.251. The summed E-state index contributed by atoms with van der Waals surface area (Å²) in [5, 5.41) is 11.9. The van der Waals surface area contributed by atoms with Gasteiger partial charge in [0.25, 0.3) is 5.91 Å². The number of amides is 1. The molecule has 1 aromatic carbocycles. The second-order valence-corrected chi connectivity index (χ2v) is 4.68. The Morgan fingerprint density at radius 2 is 2.00 bits per heavy atom. The zero-order chi connectivity index (χ0) is 15.2. The molecule has 0 unspecified atom stereocenters. The average molecular weight is 281 g/mol. The first kappa shape index (κ1) is 14.5. The van der Waals surface area contributed by atoms with Gasteiger partial charge in [0.1, 0.15) is 11.8 Å². The number of nitriles is 1. The second-order valence-electron chi connectivity index (χ2n) is 4.68. The van der Waals surface area contributed by atoms with Crippen molar-refractivity contribution < 1.29 is 9.53 Å². The van der Waals surface area contributed by atoms with Crippen molar-refractivity contribution in [1.29, 1.82) is 5.26 Å². The Morgan fingerprint density at radius 1 is 1.29 bits per heavy atom. The van der Waals surface area contributed by atoms with Gasteiger partial charge in [-0.15, -0.1) is 0 Å². The molecule has 5 heteroatoms. The first-order chi connectivity index (χ1) is 10.1. The van der Waals surface area contributed by atoms with Gasteiger partial charge in [0.05, 0.1) is 11.7 Å². The van der Waals surface area contributed by atoms with Crippen LogP contribution in [0.3, 0.4) is 0 Å². The second kappa shape index (κ2) is 6.53. The van der Waals surface area contributed by atoms with E-state index in [1.54, 1.807) is 42.7 Å². The lowest BCUT2D eigenvalue weighted by Crippen LogP contribution is -2.12. The highest BCUT2D eigenvalue weighted by molar-refractivity contribution is 6.04. The molecule has 0 aliphatic rings. The molecule has 0 radical (unpaired) electrons. The molecule has 0 atom stereocenters. The first-order valence-electron chi connectivity index (χ1n) is 6.52. The molecular weight excluding hydrogens is 266 g/mol. The van der Waals surface area contributed by atoms with Crippen LogP contribution in [0.5, 0.6) is 5.75 Å². The van der Waals surface area contributed by atoms with Crippen molar-refractivity contribution in [2.45, 2.75) is 20.0 Å². The topological polar surface area (TPSA) is 75.0 Å². The summed E-state index contributed by atoms with van der Waals surface area (Å²) in [5.74, 6) is 0.258. The molecule has 0 spiro atoms. The summed E-state index contributed by atoms with van der Waals surface area (Å²) in [6.07, 6.45) is 3.08. The maximum absolute atomic E-state index is 12.0. The Balaban J connectivity index is 2.18. The zero-order valence-electron chi connectivity index (χ0n) is 11.8. The number of rotatable bonds is 4. The maximum Gasteiger partial charge on any atom is 0.255 e. The molecule has 5 nitrogen and oxygen atoms in total. The number of ether oxygens (including phenoxy) is 1. The summed E-state index contributed by atoms with van der Waals surface area (Å²) in [7, 11) is 0. The molecule has 2 aromatic rings. The Bertz CT molecular complexity index is 676. The number of anilines is 1. The van der Waals surface area contributed by atoms with Gasteiger partial charge in [-0.2, -0.15) is 5.26 Å². The number of carbonyl (C=O) groups excluding carboxylic acids is 1. The SMILES string of the molecule is CC(C)Oc1ccc(NC(=O)c2ccncc2)cc1C#N. The van der Waals surface area contributed by atoms with Crippen molar-refractivity contribution in [3.63, 3.8) is 0 Å². The van der Waals surface area contributed by atoms with Crippen LogP contribution in [0.15, 0.2) is 42.7 Å². The smallest absolute Gasteiger partial charge is 0.255 e. The molecule has 21 heavy (non-hydrogen) atoms. The minimum Gasteiger partial charge on any atom is -0.490 e. The third-order valence-electron chi connectivity index (χ3n) is 2.66. The van der Waals surface area contributed by atoms with Gasteiger partial charge in [0.15, 0.2) is 0 Å². The molecule has 1 aromatic heterocycles. The number of hydrogen-bond acceptors (Lipinski definition) is 4. The van der Waals surface area contributed by atoms with E-state index in [1.807, 2.05) is 13.8 Å². The molecule has 1 N–H and O–H groups in total. The van der Waals surface area contributed by atoms with E-state index in [0.717, 1.165) is 0 Å². The predicted molar refractivity (Wildman–Crippen MR) is 79.1 cm³/mol. The van der Waals surface area contributed by atoms with E-state index in [1.165, 1.54) is 0 Å². The van der Waals surface area contributed by atoms with Crippen molar-refractivity contribution in [2.75, 3.05) is 5.32 Å². The lowest BCUT2D eigenvalue weighted by Gasteiger charge is -2.12. The third-order valence-corrected chi connectivity index (χ3v) is 2.66. The van der Waals surface area contributed by atoms with E-state index in [-0.39, 0.29) is 12.0 Å². The molecule has 0 aliphatic heterocycles. The number of benzene rings is 1. The van der Waals surface area contributed by atoms with Crippen molar-refractivity contribution in [3.8, 4) is 11.8 Å². The van der Waals surface area contributed by atoms with Gasteiger partial charge < -0.3 is 10.1 Å². The van der Waals surface area contributed by atoms with Crippen LogP contribution < -0.4 is 10.1 Å². The number of hydrogen-bond donors (Lipinski definition) is 1. The molecular formula is C16H15N3O2.